The molecule has 0 N–H and O–H groups in total. The Labute approximate surface area is 92.9 Å². The summed E-state index contributed by atoms with van der Waals surface area (Å²) in [6.07, 6.45) is 6.01. The molecule has 0 heterocycles. The smallest absolute Gasteiger partial charge is 0.119 e. The zero-order chi connectivity index (χ0) is 9.80. The van der Waals surface area contributed by atoms with E-state index in [2.05, 4.69) is 22.0 Å². The van der Waals surface area contributed by atoms with E-state index < -0.39 is 0 Å². The van der Waals surface area contributed by atoms with E-state index in [9.17, 15) is 0 Å². The maximum Gasteiger partial charge on any atom is 0.119 e. The van der Waals surface area contributed by atoms with E-state index in [1.165, 1.54) is 24.8 Å². The minimum atomic E-state index is 0.752. The molecule has 14 heavy (non-hydrogen) atoms. The van der Waals surface area contributed by atoms with Gasteiger partial charge in [0.05, 0.1) is 0 Å². The second kappa shape index (κ2) is 4.65. The lowest BCUT2D eigenvalue weighted by atomic mass is 10.2. The van der Waals surface area contributed by atoms with E-state index in [-0.39, 0.29) is 0 Å². The van der Waals surface area contributed by atoms with Gasteiger partial charge in [0.15, 0.2) is 0 Å². The second-order valence-electron chi connectivity index (χ2n) is 3.50. The summed E-state index contributed by atoms with van der Waals surface area (Å²) in [5.41, 5.74) is 1.44. The number of rotatable bonds is 3. The van der Waals surface area contributed by atoms with Crippen LogP contribution in [0.15, 0.2) is 40.4 Å². The van der Waals surface area contributed by atoms with Crippen molar-refractivity contribution in [1.29, 1.82) is 0 Å². The minimum Gasteiger partial charge on any atom is -0.489 e. The van der Waals surface area contributed by atoms with E-state index in [1.54, 1.807) is 0 Å². The van der Waals surface area contributed by atoms with Crippen LogP contribution in [0.5, 0.6) is 5.75 Å². The molecule has 0 bridgehead atoms. The third-order valence-corrected chi connectivity index (χ3v) is 2.90. The molecule has 1 aliphatic carbocycles. The molecule has 2 heteroatoms. The molecule has 0 spiro atoms. The third kappa shape index (κ3) is 2.61. The van der Waals surface area contributed by atoms with Crippen molar-refractivity contribution in [2.24, 2.45) is 0 Å². The predicted octanol–water partition coefficient (Wildman–Crippen LogP) is 3.94. The number of benzene rings is 1. The van der Waals surface area contributed by atoms with Crippen molar-refractivity contribution in [3.05, 3.63) is 40.4 Å². The molecule has 0 amide bonds. The van der Waals surface area contributed by atoms with Crippen molar-refractivity contribution in [2.75, 3.05) is 6.61 Å². The summed E-state index contributed by atoms with van der Waals surface area (Å²) < 4.78 is 6.74. The van der Waals surface area contributed by atoms with Gasteiger partial charge >= 0.3 is 0 Å². The molecule has 1 aromatic rings. The van der Waals surface area contributed by atoms with Gasteiger partial charge in [0.2, 0.25) is 0 Å². The molecule has 0 aromatic heterocycles. The van der Waals surface area contributed by atoms with Crippen LogP contribution in [0.1, 0.15) is 19.3 Å². The Bertz CT molecular complexity index is 327. The van der Waals surface area contributed by atoms with Gasteiger partial charge in [-0.2, -0.15) is 0 Å². The highest BCUT2D eigenvalue weighted by Gasteiger charge is 2.04. The van der Waals surface area contributed by atoms with Crippen molar-refractivity contribution in [1.82, 2.24) is 0 Å². The van der Waals surface area contributed by atoms with Gasteiger partial charge in [-0.25, -0.2) is 0 Å². The first-order valence-corrected chi connectivity index (χ1v) is 5.70. The molecule has 0 saturated heterocycles. The summed E-state index contributed by atoms with van der Waals surface area (Å²) in [6, 6.07) is 7.97. The van der Waals surface area contributed by atoms with Crippen LogP contribution >= 0.6 is 15.9 Å². The molecule has 0 atom stereocenters. The van der Waals surface area contributed by atoms with Crippen LogP contribution in [0.2, 0.25) is 0 Å². The Morgan fingerprint density at radius 3 is 2.64 bits per heavy atom. The Morgan fingerprint density at radius 2 is 2.00 bits per heavy atom. The average Bonchev–Trinajstić information content (AvgIpc) is 2.70. The monoisotopic (exact) mass is 252 g/mol. The Balaban J connectivity index is 1.88. The van der Waals surface area contributed by atoms with E-state index in [0.717, 1.165) is 16.8 Å². The van der Waals surface area contributed by atoms with Crippen molar-refractivity contribution in [3.8, 4) is 5.75 Å². The van der Waals surface area contributed by atoms with Crippen LogP contribution in [0.3, 0.4) is 0 Å². The second-order valence-corrected chi connectivity index (χ2v) is 4.41. The molecular formula is C12H13BrO. The summed E-state index contributed by atoms with van der Waals surface area (Å²) in [5, 5.41) is 0. The number of hydrogen-bond donors (Lipinski definition) is 0. The summed E-state index contributed by atoms with van der Waals surface area (Å²) in [5.74, 6) is 0.945. The van der Waals surface area contributed by atoms with Crippen molar-refractivity contribution in [2.45, 2.75) is 19.3 Å². The van der Waals surface area contributed by atoms with Gasteiger partial charge < -0.3 is 4.74 Å². The average molecular weight is 253 g/mol. The Morgan fingerprint density at radius 1 is 1.21 bits per heavy atom. The van der Waals surface area contributed by atoms with Gasteiger partial charge in [0.1, 0.15) is 12.4 Å². The highest BCUT2D eigenvalue weighted by molar-refractivity contribution is 9.10. The molecule has 0 saturated carbocycles. The van der Waals surface area contributed by atoms with Crippen molar-refractivity contribution in [3.63, 3.8) is 0 Å². The van der Waals surface area contributed by atoms with Gasteiger partial charge in [-0.3, -0.25) is 0 Å². The van der Waals surface area contributed by atoms with Crippen molar-refractivity contribution >= 4 is 15.9 Å². The first-order valence-electron chi connectivity index (χ1n) is 4.91. The number of halogens is 1. The van der Waals surface area contributed by atoms with Crippen molar-refractivity contribution < 1.29 is 4.74 Å². The van der Waals surface area contributed by atoms with E-state index in [0.29, 0.717) is 0 Å². The summed E-state index contributed by atoms with van der Waals surface area (Å²) in [6.45, 7) is 0.752. The van der Waals surface area contributed by atoms with E-state index in [4.69, 9.17) is 4.74 Å². The zero-order valence-corrected chi connectivity index (χ0v) is 9.59. The van der Waals surface area contributed by atoms with Crippen LogP contribution in [0.4, 0.5) is 0 Å². The molecule has 1 aliphatic rings. The summed E-state index contributed by atoms with van der Waals surface area (Å²) >= 11 is 3.40. The first-order chi connectivity index (χ1) is 6.84. The molecule has 0 fully saturated rings. The molecule has 1 nitrogen and oxygen atoms in total. The zero-order valence-electron chi connectivity index (χ0n) is 8.00. The number of hydrogen-bond acceptors (Lipinski definition) is 1. The molecule has 0 aliphatic heterocycles. The maximum atomic E-state index is 5.66. The fourth-order valence-electron chi connectivity index (χ4n) is 1.58. The van der Waals surface area contributed by atoms with Gasteiger partial charge in [0, 0.05) is 4.47 Å². The Kier molecular flexibility index (Phi) is 3.25. The molecule has 0 radical (unpaired) electrons. The topological polar surface area (TPSA) is 9.23 Å². The van der Waals surface area contributed by atoms with Crippen LogP contribution in [-0.2, 0) is 0 Å². The largest absolute Gasteiger partial charge is 0.489 e. The normalized spacial score (nSPS) is 15.4. The quantitative estimate of drug-likeness (QED) is 0.741. The van der Waals surface area contributed by atoms with Crippen LogP contribution in [0.25, 0.3) is 0 Å². The molecule has 0 unspecified atom stereocenters. The maximum absolute atomic E-state index is 5.66. The minimum absolute atomic E-state index is 0.752. The fourth-order valence-corrected chi connectivity index (χ4v) is 1.84. The number of ether oxygens (including phenoxy) is 1. The van der Waals surface area contributed by atoms with Gasteiger partial charge in [0.25, 0.3) is 0 Å². The standard InChI is InChI=1S/C12H13BrO/c13-11-5-7-12(8-6-11)14-9-10-3-1-2-4-10/h3,5-8H,1-2,4,9H2. The lowest BCUT2D eigenvalue weighted by molar-refractivity contribution is 0.349. The lowest BCUT2D eigenvalue weighted by Crippen LogP contribution is -1.98. The van der Waals surface area contributed by atoms with Gasteiger partial charge in [-0.1, -0.05) is 22.0 Å². The third-order valence-electron chi connectivity index (χ3n) is 2.37. The van der Waals surface area contributed by atoms with Crippen LogP contribution in [0, 0.1) is 0 Å². The molecule has 1 aromatic carbocycles. The lowest BCUT2D eigenvalue weighted by Gasteiger charge is -2.06. The van der Waals surface area contributed by atoms with Crippen LogP contribution in [-0.4, -0.2) is 6.61 Å². The Hall–Kier alpha value is -0.760. The first kappa shape index (κ1) is 9.78. The highest BCUT2D eigenvalue weighted by atomic mass is 79.9. The molecule has 74 valence electrons. The molecular weight excluding hydrogens is 240 g/mol. The SMILES string of the molecule is Brc1ccc(OCC2=CCCC2)cc1. The highest BCUT2D eigenvalue weighted by Crippen LogP contribution is 2.20. The summed E-state index contributed by atoms with van der Waals surface area (Å²) in [4.78, 5) is 0. The predicted molar refractivity (Wildman–Crippen MR) is 61.6 cm³/mol. The number of allylic oxidation sites excluding steroid dienone is 1. The van der Waals surface area contributed by atoms with Crippen LogP contribution < -0.4 is 4.74 Å². The summed E-state index contributed by atoms with van der Waals surface area (Å²) in [7, 11) is 0. The van der Waals surface area contributed by atoms with Gasteiger partial charge in [-0.05, 0) is 49.1 Å². The van der Waals surface area contributed by atoms with Gasteiger partial charge in [-0.15, -0.1) is 0 Å². The van der Waals surface area contributed by atoms with E-state index >= 15 is 0 Å². The fraction of sp³-hybridized carbons (Fsp3) is 0.333. The molecule has 2 rings (SSSR count). The van der Waals surface area contributed by atoms with E-state index in [1.807, 2.05) is 24.3 Å².